The second-order valence-electron chi connectivity index (χ2n) is 8.22. The highest BCUT2D eigenvalue weighted by Gasteiger charge is 2.21. The largest absolute Gasteiger partial charge is 0.352 e. The number of amides is 1. The third kappa shape index (κ3) is 5.66. The fourth-order valence-electron chi connectivity index (χ4n) is 3.72. The van der Waals surface area contributed by atoms with E-state index in [2.05, 4.69) is 41.4 Å². The van der Waals surface area contributed by atoms with Crippen LogP contribution in [0.15, 0.2) is 54.6 Å². The Kier molecular flexibility index (Phi) is 7.24. The molecule has 4 nitrogen and oxygen atoms in total. The van der Waals surface area contributed by atoms with E-state index in [9.17, 15) is 4.79 Å². The molecule has 3 rings (SSSR count). The van der Waals surface area contributed by atoms with Gasteiger partial charge in [0.15, 0.2) is 0 Å². The van der Waals surface area contributed by atoms with Crippen molar-refractivity contribution in [3.63, 3.8) is 0 Å². The predicted molar refractivity (Wildman–Crippen MR) is 114 cm³/mol. The third-order valence-corrected chi connectivity index (χ3v) is 5.91. The number of carbonyl (C=O) groups excluding carboxylic acids is 1. The van der Waals surface area contributed by atoms with Crippen LogP contribution in [0.2, 0.25) is 0 Å². The summed E-state index contributed by atoms with van der Waals surface area (Å²) >= 11 is 0. The number of nitrogens with zero attached hydrogens (tertiary/aromatic N) is 1. The molecule has 1 aliphatic rings. The highest BCUT2D eigenvalue weighted by Crippen LogP contribution is 2.20. The Labute approximate surface area is 169 Å². The van der Waals surface area contributed by atoms with Crippen molar-refractivity contribution in [1.82, 2.24) is 10.2 Å². The van der Waals surface area contributed by atoms with Crippen LogP contribution in [-0.2, 0) is 17.9 Å². The number of piperidine rings is 1. The second-order valence-corrected chi connectivity index (χ2v) is 8.22. The Morgan fingerprint density at radius 3 is 2.32 bits per heavy atom. The van der Waals surface area contributed by atoms with Crippen LogP contribution >= 0.6 is 0 Å². The summed E-state index contributed by atoms with van der Waals surface area (Å²) in [5.41, 5.74) is 9.70. The number of carbonyl (C=O) groups is 1. The van der Waals surface area contributed by atoms with Gasteiger partial charge in [-0.2, -0.15) is 0 Å². The van der Waals surface area contributed by atoms with E-state index in [0.29, 0.717) is 6.54 Å². The summed E-state index contributed by atoms with van der Waals surface area (Å²) < 4.78 is 0. The normalized spacial score (nSPS) is 17.8. The SMILES string of the molecule is CC1CCN(Cc2ccc(CNC(=O)C(C)C(N)c3ccccc3)cc2)CC1. The standard InChI is InChI=1S/C24H33N3O/c1-18-12-14-27(15-13-18)17-21-10-8-20(9-11-21)16-26-24(28)19(2)23(25)22-6-4-3-5-7-22/h3-11,18-19,23H,12-17,25H2,1-2H3,(H,26,28). The maximum atomic E-state index is 12.5. The van der Waals surface area contributed by atoms with E-state index in [4.69, 9.17) is 5.73 Å². The van der Waals surface area contributed by atoms with Crippen molar-refractivity contribution in [1.29, 1.82) is 0 Å². The van der Waals surface area contributed by atoms with Gasteiger partial charge in [0, 0.05) is 19.1 Å². The van der Waals surface area contributed by atoms with Gasteiger partial charge < -0.3 is 11.1 Å². The predicted octanol–water partition coefficient (Wildman–Crippen LogP) is 3.87. The molecule has 0 aromatic heterocycles. The lowest BCUT2D eigenvalue weighted by atomic mass is 9.94. The zero-order valence-corrected chi connectivity index (χ0v) is 17.1. The Morgan fingerprint density at radius 2 is 1.68 bits per heavy atom. The Morgan fingerprint density at radius 1 is 1.07 bits per heavy atom. The van der Waals surface area contributed by atoms with Crippen molar-refractivity contribution < 1.29 is 4.79 Å². The number of hydrogen-bond donors (Lipinski definition) is 2. The molecule has 1 fully saturated rings. The molecule has 150 valence electrons. The van der Waals surface area contributed by atoms with Crippen LogP contribution in [0.25, 0.3) is 0 Å². The molecule has 2 aromatic carbocycles. The molecule has 1 saturated heterocycles. The van der Waals surface area contributed by atoms with Crippen LogP contribution < -0.4 is 11.1 Å². The molecule has 28 heavy (non-hydrogen) atoms. The summed E-state index contributed by atoms with van der Waals surface area (Å²) in [5.74, 6) is 0.575. The van der Waals surface area contributed by atoms with Crippen LogP contribution in [0.3, 0.4) is 0 Å². The molecule has 0 radical (unpaired) electrons. The van der Waals surface area contributed by atoms with Crippen LogP contribution in [0.5, 0.6) is 0 Å². The average Bonchev–Trinajstić information content (AvgIpc) is 2.74. The molecule has 0 bridgehead atoms. The van der Waals surface area contributed by atoms with Gasteiger partial charge >= 0.3 is 0 Å². The molecule has 0 spiro atoms. The van der Waals surface area contributed by atoms with Gasteiger partial charge in [0.1, 0.15) is 0 Å². The van der Waals surface area contributed by atoms with Gasteiger partial charge in [-0.25, -0.2) is 0 Å². The molecule has 2 unspecified atom stereocenters. The van der Waals surface area contributed by atoms with Crippen LogP contribution in [0.4, 0.5) is 0 Å². The minimum atomic E-state index is -0.296. The first kappa shape index (κ1) is 20.6. The quantitative estimate of drug-likeness (QED) is 0.768. The summed E-state index contributed by atoms with van der Waals surface area (Å²) in [6.07, 6.45) is 2.60. The fourth-order valence-corrected chi connectivity index (χ4v) is 3.72. The zero-order chi connectivity index (χ0) is 19.9. The lowest BCUT2D eigenvalue weighted by Crippen LogP contribution is -2.35. The number of benzene rings is 2. The first-order chi connectivity index (χ1) is 13.5. The maximum Gasteiger partial charge on any atom is 0.225 e. The van der Waals surface area contributed by atoms with E-state index < -0.39 is 0 Å². The molecule has 2 atom stereocenters. The molecule has 1 aliphatic heterocycles. The third-order valence-electron chi connectivity index (χ3n) is 5.91. The fraction of sp³-hybridized carbons (Fsp3) is 0.458. The lowest BCUT2D eigenvalue weighted by molar-refractivity contribution is -0.125. The average molecular weight is 380 g/mol. The van der Waals surface area contributed by atoms with E-state index in [-0.39, 0.29) is 17.9 Å². The number of rotatable bonds is 7. The van der Waals surface area contributed by atoms with Crippen molar-refractivity contribution in [2.75, 3.05) is 13.1 Å². The van der Waals surface area contributed by atoms with Crippen LogP contribution in [0, 0.1) is 11.8 Å². The Hall–Kier alpha value is -2.17. The number of nitrogens with one attached hydrogen (secondary N) is 1. The number of likely N-dealkylation sites (tertiary alicyclic amines) is 1. The van der Waals surface area contributed by atoms with Crippen molar-refractivity contribution >= 4 is 5.91 Å². The minimum Gasteiger partial charge on any atom is -0.352 e. The highest BCUT2D eigenvalue weighted by molar-refractivity contribution is 5.79. The van der Waals surface area contributed by atoms with Crippen molar-refractivity contribution in [3.05, 3.63) is 71.3 Å². The smallest absolute Gasteiger partial charge is 0.225 e. The molecule has 2 aromatic rings. The lowest BCUT2D eigenvalue weighted by Gasteiger charge is -2.30. The Bertz CT molecular complexity index is 736. The summed E-state index contributed by atoms with van der Waals surface area (Å²) in [6, 6.07) is 18.1. The highest BCUT2D eigenvalue weighted by atomic mass is 16.1. The second kappa shape index (κ2) is 9.85. The van der Waals surface area contributed by atoms with Gasteiger partial charge in [-0.05, 0) is 48.5 Å². The van der Waals surface area contributed by atoms with E-state index >= 15 is 0 Å². The van der Waals surface area contributed by atoms with Gasteiger partial charge in [0.2, 0.25) is 5.91 Å². The molecule has 3 N–H and O–H groups in total. The van der Waals surface area contributed by atoms with Gasteiger partial charge in [-0.15, -0.1) is 0 Å². The molecule has 4 heteroatoms. The van der Waals surface area contributed by atoms with Gasteiger partial charge in [0.05, 0.1) is 5.92 Å². The van der Waals surface area contributed by atoms with Crippen molar-refractivity contribution in [2.24, 2.45) is 17.6 Å². The molecule has 0 saturated carbocycles. The summed E-state index contributed by atoms with van der Waals surface area (Å²) in [5, 5.41) is 3.03. The van der Waals surface area contributed by atoms with Gasteiger partial charge in [-0.1, -0.05) is 68.4 Å². The molecule has 1 heterocycles. The first-order valence-corrected chi connectivity index (χ1v) is 10.4. The molecular formula is C24H33N3O. The van der Waals surface area contributed by atoms with E-state index in [1.54, 1.807) is 0 Å². The number of nitrogens with two attached hydrogens (primary N) is 1. The topological polar surface area (TPSA) is 58.4 Å². The molecule has 1 amide bonds. The van der Waals surface area contributed by atoms with Crippen molar-refractivity contribution in [2.45, 2.75) is 45.8 Å². The van der Waals surface area contributed by atoms with Crippen molar-refractivity contribution in [3.8, 4) is 0 Å². The zero-order valence-electron chi connectivity index (χ0n) is 17.1. The summed E-state index contributed by atoms with van der Waals surface area (Å²) in [4.78, 5) is 15.0. The van der Waals surface area contributed by atoms with Gasteiger partial charge in [0.25, 0.3) is 0 Å². The van der Waals surface area contributed by atoms with Crippen LogP contribution in [-0.4, -0.2) is 23.9 Å². The van der Waals surface area contributed by atoms with E-state index in [1.807, 2.05) is 37.3 Å². The minimum absolute atomic E-state index is 0.0112. The van der Waals surface area contributed by atoms with E-state index in [1.165, 1.54) is 31.5 Å². The summed E-state index contributed by atoms with van der Waals surface area (Å²) in [7, 11) is 0. The first-order valence-electron chi connectivity index (χ1n) is 10.4. The molecule has 0 aliphatic carbocycles. The monoisotopic (exact) mass is 379 g/mol. The Balaban J connectivity index is 1.47. The maximum absolute atomic E-state index is 12.5. The number of hydrogen-bond acceptors (Lipinski definition) is 3. The van der Waals surface area contributed by atoms with E-state index in [0.717, 1.165) is 23.6 Å². The van der Waals surface area contributed by atoms with Gasteiger partial charge in [-0.3, -0.25) is 9.69 Å². The molecular weight excluding hydrogens is 346 g/mol. The summed E-state index contributed by atoms with van der Waals surface area (Å²) in [6.45, 7) is 8.16. The van der Waals surface area contributed by atoms with Crippen LogP contribution in [0.1, 0.15) is 49.4 Å².